The van der Waals surface area contributed by atoms with Crippen molar-refractivity contribution >= 4 is 39.2 Å². The molecular formula is C18H17ClN2O5S. The minimum atomic E-state index is -3.91. The van der Waals surface area contributed by atoms with Crippen molar-refractivity contribution in [1.82, 2.24) is 4.31 Å². The highest BCUT2D eigenvalue weighted by Gasteiger charge is 2.39. The average Bonchev–Trinajstić information content (AvgIpc) is 3.14. The van der Waals surface area contributed by atoms with Crippen molar-refractivity contribution in [3.63, 3.8) is 0 Å². The van der Waals surface area contributed by atoms with Crippen LogP contribution in [-0.4, -0.2) is 42.3 Å². The van der Waals surface area contributed by atoms with E-state index in [1.165, 1.54) is 24.3 Å². The molecule has 3 rings (SSSR count). The average molecular weight is 409 g/mol. The molecule has 1 aliphatic heterocycles. The SMILES string of the molecule is O=C(Nc1ccc(S(=O)(=O)N2CCC[C@H]2C(=O)O)cc1)c1ccc(Cl)cc1. The number of nitrogens with one attached hydrogen (secondary N) is 1. The third-order valence-electron chi connectivity index (χ3n) is 4.31. The fourth-order valence-corrected chi connectivity index (χ4v) is 4.70. The van der Waals surface area contributed by atoms with Crippen molar-refractivity contribution in [2.45, 2.75) is 23.8 Å². The van der Waals surface area contributed by atoms with Crippen molar-refractivity contribution in [1.29, 1.82) is 0 Å². The Morgan fingerprint density at radius 1 is 1.07 bits per heavy atom. The van der Waals surface area contributed by atoms with E-state index in [1.54, 1.807) is 24.3 Å². The number of rotatable bonds is 5. The van der Waals surface area contributed by atoms with Crippen molar-refractivity contribution < 1.29 is 23.1 Å². The van der Waals surface area contributed by atoms with Gasteiger partial charge in [0.1, 0.15) is 6.04 Å². The first-order valence-corrected chi connectivity index (χ1v) is 10.0. The molecule has 9 heteroatoms. The maximum atomic E-state index is 12.7. The summed E-state index contributed by atoms with van der Waals surface area (Å²) in [5, 5.41) is 12.4. The predicted molar refractivity (Wildman–Crippen MR) is 100 cm³/mol. The quantitative estimate of drug-likeness (QED) is 0.791. The number of carboxylic acids is 1. The first-order chi connectivity index (χ1) is 12.8. The molecule has 0 unspecified atom stereocenters. The van der Waals surface area contributed by atoms with Crippen molar-refractivity contribution in [3.05, 3.63) is 59.1 Å². The summed E-state index contributed by atoms with van der Waals surface area (Å²) in [6, 6.07) is 10.9. The van der Waals surface area contributed by atoms with Gasteiger partial charge < -0.3 is 10.4 Å². The van der Waals surface area contributed by atoms with E-state index in [4.69, 9.17) is 11.6 Å². The van der Waals surface area contributed by atoms with Gasteiger partial charge in [-0.05, 0) is 61.4 Å². The Balaban J connectivity index is 1.75. The van der Waals surface area contributed by atoms with E-state index in [9.17, 15) is 23.1 Å². The molecule has 0 radical (unpaired) electrons. The first-order valence-electron chi connectivity index (χ1n) is 8.20. The first kappa shape index (κ1) is 19.3. The molecule has 0 aliphatic carbocycles. The molecule has 2 aromatic carbocycles. The number of nitrogens with zero attached hydrogens (tertiary/aromatic N) is 1. The van der Waals surface area contributed by atoms with Crippen LogP contribution in [0.4, 0.5) is 5.69 Å². The number of anilines is 1. The second kappa shape index (κ2) is 7.67. The molecule has 142 valence electrons. The van der Waals surface area contributed by atoms with Crippen LogP contribution in [0, 0.1) is 0 Å². The lowest BCUT2D eigenvalue weighted by atomic mass is 10.2. The Morgan fingerprint density at radius 2 is 1.70 bits per heavy atom. The molecule has 0 bridgehead atoms. The molecule has 27 heavy (non-hydrogen) atoms. The summed E-state index contributed by atoms with van der Waals surface area (Å²) in [7, 11) is -3.91. The lowest BCUT2D eigenvalue weighted by Crippen LogP contribution is -2.40. The van der Waals surface area contributed by atoms with Gasteiger partial charge in [0, 0.05) is 22.8 Å². The monoisotopic (exact) mass is 408 g/mol. The van der Waals surface area contributed by atoms with Gasteiger partial charge in [-0.3, -0.25) is 9.59 Å². The molecule has 1 atom stereocenters. The Kier molecular flexibility index (Phi) is 5.50. The van der Waals surface area contributed by atoms with Crippen LogP contribution >= 0.6 is 11.6 Å². The smallest absolute Gasteiger partial charge is 0.322 e. The number of aliphatic carboxylic acids is 1. The summed E-state index contributed by atoms with van der Waals surface area (Å²) in [6.45, 7) is 0.175. The normalized spacial score (nSPS) is 17.6. The molecule has 2 aromatic rings. The molecule has 0 saturated carbocycles. The highest BCUT2D eigenvalue weighted by atomic mass is 35.5. The van der Waals surface area contributed by atoms with E-state index >= 15 is 0 Å². The fraction of sp³-hybridized carbons (Fsp3) is 0.222. The van der Waals surface area contributed by atoms with E-state index in [2.05, 4.69) is 5.32 Å². The highest BCUT2D eigenvalue weighted by molar-refractivity contribution is 7.89. The van der Waals surface area contributed by atoms with Gasteiger partial charge in [-0.15, -0.1) is 0 Å². The lowest BCUT2D eigenvalue weighted by Gasteiger charge is -2.21. The van der Waals surface area contributed by atoms with Gasteiger partial charge in [0.15, 0.2) is 0 Å². The van der Waals surface area contributed by atoms with Crippen LogP contribution in [0.3, 0.4) is 0 Å². The zero-order valence-electron chi connectivity index (χ0n) is 14.1. The zero-order chi connectivity index (χ0) is 19.6. The maximum Gasteiger partial charge on any atom is 0.322 e. The molecule has 1 amide bonds. The number of carbonyl (C=O) groups excluding carboxylic acids is 1. The van der Waals surface area contributed by atoms with Crippen LogP contribution in [0.2, 0.25) is 5.02 Å². The van der Waals surface area contributed by atoms with Gasteiger partial charge >= 0.3 is 5.97 Å². The summed E-state index contributed by atoms with van der Waals surface area (Å²) in [4.78, 5) is 23.4. The number of halogens is 1. The van der Waals surface area contributed by atoms with Crippen LogP contribution in [-0.2, 0) is 14.8 Å². The molecule has 1 fully saturated rings. The number of amides is 1. The lowest BCUT2D eigenvalue weighted by molar-refractivity contribution is -0.140. The number of carboxylic acid groups (broad SMARTS) is 1. The van der Waals surface area contributed by atoms with Crippen molar-refractivity contribution in [2.75, 3.05) is 11.9 Å². The van der Waals surface area contributed by atoms with Crippen LogP contribution in [0.5, 0.6) is 0 Å². The second-order valence-corrected chi connectivity index (χ2v) is 8.42. The summed E-state index contributed by atoms with van der Waals surface area (Å²) in [5.74, 6) is -1.50. The van der Waals surface area contributed by atoms with E-state index in [1.807, 2.05) is 0 Å². The second-order valence-electron chi connectivity index (χ2n) is 6.10. The van der Waals surface area contributed by atoms with Gasteiger partial charge in [0.25, 0.3) is 5.91 Å². The number of hydrogen-bond donors (Lipinski definition) is 2. The Bertz CT molecular complexity index is 958. The highest BCUT2D eigenvalue weighted by Crippen LogP contribution is 2.27. The van der Waals surface area contributed by atoms with Crippen molar-refractivity contribution in [2.24, 2.45) is 0 Å². The van der Waals surface area contributed by atoms with Gasteiger partial charge in [-0.1, -0.05) is 11.6 Å². The Labute approximate surface area is 161 Å². The third-order valence-corrected chi connectivity index (χ3v) is 6.49. The summed E-state index contributed by atoms with van der Waals surface area (Å²) < 4.78 is 26.4. The Hall–Kier alpha value is -2.42. The largest absolute Gasteiger partial charge is 0.480 e. The molecule has 0 aromatic heterocycles. The maximum absolute atomic E-state index is 12.7. The van der Waals surface area contributed by atoms with Crippen LogP contribution in [0.1, 0.15) is 23.2 Å². The predicted octanol–water partition coefficient (Wildman–Crippen LogP) is 2.83. The van der Waals surface area contributed by atoms with Gasteiger partial charge in [-0.25, -0.2) is 8.42 Å². The minimum Gasteiger partial charge on any atom is -0.480 e. The number of carbonyl (C=O) groups is 2. The topological polar surface area (TPSA) is 104 Å². The Morgan fingerprint density at radius 3 is 2.30 bits per heavy atom. The molecule has 1 heterocycles. The van der Waals surface area contributed by atoms with Crippen LogP contribution in [0.25, 0.3) is 0 Å². The van der Waals surface area contributed by atoms with Gasteiger partial charge in [0.2, 0.25) is 10.0 Å². The fourth-order valence-electron chi connectivity index (χ4n) is 2.92. The van der Waals surface area contributed by atoms with Gasteiger partial charge in [0.05, 0.1) is 4.90 Å². The summed E-state index contributed by atoms with van der Waals surface area (Å²) >= 11 is 5.79. The molecular weight excluding hydrogens is 392 g/mol. The third kappa shape index (κ3) is 4.13. The van der Waals surface area contributed by atoms with E-state index < -0.39 is 22.0 Å². The number of benzene rings is 2. The zero-order valence-corrected chi connectivity index (χ0v) is 15.7. The molecule has 7 nitrogen and oxygen atoms in total. The molecule has 1 aliphatic rings. The van der Waals surface area contributed by atoms with E-state index in [0.717, 1.165) is 4.31 Å². The molecule has 1 saturated heterocycles. The van der Waals surface area contributed by atoms with E-state index in [0.29, 0.717) is 29.1 Å². The molecule has 2 N–H and O–H groups in total. The summed E-state index contributed by atoms with van der Waals surface area (Å²) in [5.41, 5.74) is 0.836. The van der Waals surface area contributed by atoms with Crippen molar-refractivity contribution in [3.8, 4) is 0 Å². The van der Waals surface area contributed by atoms with E-state index in [-0.39, 0.29) is 17.3 Å². The number of sulfonamides is 1. The van der Waals surface area contributed by atoms with Gasteiger partial charge in [-0.2, -0.15) is 4.31 Å². The molecule has 0 spiro atoms. The van der Waals surface area contributed by atoms with Crippen LogP contribution < -0.4 is 5.32 Å². The number of hydrogen-bond acceptors (Lipinski definition) is 4. The minimum absolute atomic E-state index is 0.0138. The summed E-state index contributed by atoms with van der Waals surface area (Å²) in [6.07, 6.45) is 0.801. The van der Waals surface area contributed by atoms with Crippen LogP contribution in [0.15, 0.2) is 53.4 Å². The standard InChI is InChI=1S/C18H17ClN2O5S/c19-13-5-3-12(4-6-13)17(22)20-14-7-9-15(10-8-14)27(25,26)21-11-1-2-16(21)18(23)24/h3-10,16H,1-2,11H2,(H,20,22)(H,23,24)/t16-/m0/s1.